The molecular weight excluding hydrogens is 504 g/mol. The third kappa shape index (κ3) is 6.94. The van der Waals surface area contributed by atoms with E-state index in [1.54, 1.807) is 75.5 Å². The lowest BCUT2D eigenvalue weighted by Gasteiger charge is -2.21. The van der Waals surface area contributed by atoms with Crippen molar-refractivity contribution in [3.63, 3.8) is 0 Å². The molecule has 0 spiro atoms. The summed E-state index contributed by atoms with van der Waals surface area (Å²) in [6.07, 6.45) is 4.42. The number of anilines is 5. The molecule has 36 heavy (non-hydrogen) atoms. The van der Waals surface area contributed by atoms with Crippen molar-refractivity contribution < 1.29 is 18.4 Å². The van der Waals surface area contributed by atoms with E-state index in [4.69, 9.17) is 16.8 Å². The minimum Gasteiger partial charge on any atom is -0.340 e. The highest BCUT2D eigenvalue weighted by Gasteiger charge is 2.29. The van der Waals surface area contributed by atoms with Crippen molar-refractivity contribution in [3.8, 4) is 0 Å². The SMILES string of the molecule is Cc1cnc(Nc2ccc(/C=C/C(=O)NO)cc2)nc1Nc1ccc(Cl)c(NS(=O)(=O)C(C)(C)C)c1. The molecule has 0 fully saturated rings. The first-order valence-corrected chi connectivity index (χ1v) is 12.7. The van der Waals surface area contributed by atoms with Gasteiger partial charge in [-0.1, -0.05) is 23.7 Å². The normalized spacial score (nSPS) is 11.8. The third-order valence-electron chi connectivity index (χ3n) is 4.96. The summed E-state index contributed by atoms with van der Waals surface area (Å²) >= 11 is 6.23. The summed E-state index contributed by atoms with van der Waals surface area (Å²) in [5.41, 5.74) is 4.63. The first kappa shape index (κ1) is 26.9. The van der Waals surface area contributed by atoms with Crippen LogP contribution in [0.15, 0.2) is 54.7 Å². The number of aryl methyl sites for hydroxylation is 1. The lowest BCUT2D eigenvalue weighted by molar-refractivity contribution is -0.124. The number of nitrogens with zero attached hydrogens (tertiary/aromatic N) is 2. The van der Waals surface area contributed by atoms with E-state index in [-0.39, 0.29) is 10.7 Å². The number of hydroxylamine groups is 1. The Hall–Kier alpha value is -3.67. The summed E-state index contributed by atoms with van der Waals surface area (Å²) in [7, 11) is -3.66. The van der Waals surface area contributed by atoms with Crippen molar-refractivity contribution in [1.29, 1.82) is 0 Å². The molecule has 0 atom stereocenters. The average molecular weight is 531 g/mol. The third-order valence-corrected chi connectivity index (χ3v) is 7.39. The second-order valence-corrected chi connectivity index (χ2v) is 11.7. The van der Waals surface area contributed by atoms with Crippen molar-refractivity contribution in [2.75, 3.05) is 15.4 Å². The number of hydrogen-bond donors (Lipinski definition) is 5. The number of hydrogen-bond acceptors (Lipinski definition) is 8. The summed E-state index contributed by atoms with van der Waals surface area (Å²) in [6.45, 7) is 6.65. The number of rotatable bonds is 8. The predicted octanol–water partition coefficient (Wildman–Crippen LogP) is 4.98. The molecule has 2 aromatic carbocycles. The quantitative estimate of drug-likeness (QED) is 0.156. The maximum Gasteiger partial charge on any atom is 0.267 e. The van der Waals surface area contributed by atoms with Gasteiger partial charge in [-0.2, -0.15) is 4.98 Å². The fourth-order valence-corrected chi connectivity index (χ4v) is 3.75. The highest BCUT2D eigenvalue weighted by molar-refractivity contribution is 7.94. The number of aromatic nitrogens is 2. The summed E-state index contributed by atoms with van der Waals surface area (Å²) < 4.78 is 26.7. The number of sulfonamides is 1. The molecule has 12 heteroatoms. The van der Waals surface area contributed by atoms with Crippen LogP contribution in [-0.2, 0) is 14.8 Å². The molecule has 0 bridgehead atoms. The monoisotopic (exact) mass is 530 g/mol. The van der Waals surface area contributed by atoms with E-state index in [0.717, 1.165) is 16.8 Å². The Labute approximate surface area is 214 Å². The van der Waals surface area contributed by atoms with E-state index in [1.165, 1.54) is 11.6 Å². The summed E-state index contributed by atoms with van der Waals surface area (Å²) in [5, 5.41) is 15.1. The molecule has 0 unspecified atom stereocenters. The Morgan fingerprint density at radius 2 is 1.72 bits per heavy atom. The van der Waals surface area contributed by atoms with Crippen LogP contribution < -0.4 is 20.8 Å². The molecule has 0 aliphatic heterocycles. The van der Waals surface area contributed by atoms with Gasteiger partial charge in [0.2, 0.25) is 16.0 Å². The van der Waals surface area contributed by atoms with E-state index < -0.39 is 20.7 Å². The van der Waals surface area contributed by atoms with Crippen LogP contribution in [0.5, 0.6) is 0 Å². The Bertz CT molecular complexity index is 1390. The lowest BCUT2D eigenvalue weighted by Crippen LogP contribution is -2.33. The van der Waals surface area contributed by atoms with E-state index in [9.17, 15) is 13.2 Å². The van der Waals surface area contributed by atoms with Gasteiger partial charge in [-0.3, -0.25) is 14.7 Å². The van der Waals surface area contributed by atoms with Crippen LogP contribution in [0.4, 0.5) is 28.8 Å². The molecule has 0 radical (unpaired) electrons. The van der Waals surface area contributed by atoms with Gasteiger partial charge in [0, 0.05) is 29.2 Å². The van der Waals surface area contributed by atoms with Gasteiger partial charge in [0.25, 0.3) is 5.91 Å². The zero-order valence-electron chi connectivity index (χ0n) is 20.1. The summed E-state index contributed by atoms with van der Waals surface area (Å²) in [4.78, 5) is 19.9. The van der Waals surface area contributed by atoms with E-state index in [2.05, 4.69) is 25.3 Å². The van der Waals surface area contributed by atoms with Crippen LogP contribution >= 0.6 is 11.6 Å². The van der Waals surface area contributed by atoms with Gasteiger partial charge in [-0.15, -0.1) is 0 Å². The zero-order chi connectivity index (χ0) is 26.5. The van der Waals surface area contributed by atoms with Crippen LogP contribution in [0.2, 0.25) is 5.02 Å². The number of halogens is 1. The molecule has 190 valence electrons. The number of carbonyl (C=O) groups is 1. The highest BCUT2D eigenvalue weighted by Crippen LogP contribution is 2.30. The molecule has 0 aliphatic rings. The zero-order valence-corrected chi connectivity index (χ0v) is 21.7. The van der Waals surface area contributed by atoms with Gasteiger partial charge in [0.1, 0.15) is 5.82 Å². The number of amides is 1. The Balaban J connectivity index is 1.77. The van der Waals surface area contributed by atoms with Gasteiger partial charge in [-0.25, -0.2) is 18.9 Å². The minimum absolute atomic E-state index is 0.257. The molecule has 5 N–H and O–H groups in total. The maximum atomic E-state index is 12.6. The number of carbonyl (C=O) groups excluding carboxylic acids is 1. The minimum atomic E-state index is -3.66. The van der Waals surface area contributed by atoms with Crippen LogP contribution in [-0.4, -0.2) is 34.2 Å². The highest BCUT2D eigenvalue weighted by atomic mass is 35.5. The first-order chi connectivity index (χ1) is 16.9. The van der Waals surface area contributed by atoms with Crippen molar-refractivity contribution in [1.82, 2.24) is 15.4 Å². The topological polar surface area (TPSA) is 145 Å². The van der Waals surface area contributed by atoms with Crippen LogP contribution in [0, 0.1) is 6.92 Å². The predicted molar refractivity (Wildman–Crippen MR) is 142 cm³/mol. The van der Waals surface area contributed by atoms with Crippen molar-refractivity contribution >= 4 is 62.4 Å². The molecule has 0 aliphatic carbocycles. The molecule has 1 heterocycles. The van der Waals surface area contributed by atoms with Gasteiger partial charge >= 0.3 is 0 Å². The van der Waals surface area contributed by atoms with E-state index in [0.29, 0.717) is 17.5 Å². The molecule has 1 amide bonds. The molecule has 3 rings (SSSR count). The largest absolute Gasteiger partial charge is 0.340 e. The molecule has 3 aromatic rings. The number of nitrogens with one attached hydrogen (secondary N) is 4. The maximum absolute atomic E-state index is 12.6. The fraction of sp³-hybridized carbons (Fsp3) is 0.208. The summed E-state index contributed by atoms with van der Waals surface area (Å²) in [5.74, 6) is 0.243. The Kier molecular flexibility index (Phi) is 8.18. The lowest BCUT2D eigenvalue weighted by atomic mass is 10.2. The van der Waals surface area contributed by atoms with Gasteiger partial charge < -0.3 is 10.6 Å². The summed E-state index contributed by atoms with van der Waals surface area (Å²) in [6, 6.07) is 12.1. The van der Waals surface area contributed by atoms with Crippen LogP contribution in [0.25, 0.3) is 6.08 Å². The first-order valence-electron chi connectivity index (χ1n) is 10.8. The molecule has 10 nitrogen and oxygen atoms in total. The molecule has 0 saturated carbocycles. The number of benzene rings is 2. The average Bonchev–Trinajstić information content (AvgIpc) is 2.81. The van der Waals surface area contributed by atoms with Crippen LogP contribution in [0.3, 0.4) is 0 Å². The van der Waals surface area contributed by atoms with Crippen LogP contribution in [0.1, 0.15) is 31.9 Å². The second kappa shape index (κ2) is 10.9. The second-order valence-electron chi connectivity index (χ2n) is 8.82. The van der Waals surface area contributed by atoms with Gasteiger partial charge in [0.15, 0.2) is 0 Å². The van der Waals surface area contributed by atoms with Crippen molar-refractivity contribution in [2.24, 2.45) is 0 Å². The smallest absolute Gasteiger partial charge is 0.267 e. The van der Waals surface area contributed by atoms with Crippen molar-refractivity contribution in [2.45, 2.75) is 32.4 Å². The van der Waals surface area contributed by atoms with Crippen molar-refractivity contribution in [3.05, 3.63) is 70.9 Å². The van der Waals surface area contributed by atoms with E-state index in [1.807, 2.05) is 6.92 Å². The Morgan fingerprint density at radius 1 is 1.06 bits per heavy atom. The molecular formula is C24H27ClN6O4S. The fourth-order valence-electron chi connectivity index (χ4n) is 2.76. The standard InChI is InChI=1S/C24H27ClN6O4S/c1-15-14-26-23(28-17-8-5-16(6-9-17)7-12-21(32)30-33)29-22(15)27-18-10-11-19(25)20(13-18)31-36(34,35)24(2,3)4/h5-14,31,33H,1-4H3,(H,30,32)(H2,26,27,28,29)/b12-7+. The molecule has 1 aromatic heterocycles. The Morgan fingerprint density at radius 3 is 2.36 bits per heavy atom. The molecule has 0 saturated heterocycles. The van der Waals surface area contributed by atoms with E-state index >= 15 is 0 Å². The van der Waals surface area contributed by atoms with Gasteiger partial charge in [-0.05, 0) is 69.7 Å². The van der Waals surface area contributed by atoms with Gasteiger partial charge in [0.05, 0.1) is 15.5 Å².